The average molecular weight is 613 g/mol. The second-order valence-electron chi connectivity index (χ2n) is 11.2. The second kappa shape index (κ2) is 12.5. The van der Waals surface area contributed by atoms with Gasteiger partial charge in [-0.2, -0.15) is 4.72 Å². The number of piperidine rings is 3. The highest BCUT2D eigenvalue weighted by Crippen LogP contribution is 2.50. The molecule has 1 aliphatic carbocycles. The minimum absolute atomic E-state index is 0.0536. The molecular weight excluding hydrogens is 576 g/mol. The number of rotatable bonds is 10. The van der Waals surface area contributed by atoms with E-state index in [0.717, 1.165) is 37.8 Å². The van der Waals surface area contributed by atoms with Crippen LogP contribution in [0.25, 0.3) is 6.08 Å². The monoisotopic (exact) mass is 612 g/mol. The van der Waals surface area contributed by atoms with Crippen LogP contribution in [0.1, 0.15) is 43.9 Å². The molecule has 0 radical (unpaired) electrons. The summed E-state index contributed by atoms with van der Waals surface area (Å²) in [6.07, 6.45) is 5.30. The lowest BCUT2D eigenvalue weighted by Crippen LogP contribution is -2.56. The highest BCUT2D eigenvalue weighted by Gasteiger charge is 2.54. The number of halogens is 1. The molecule has 1 aromatic heterocycles. The molecule has 1 N–H and O–H groups in total. The van der Waals surface area contributed by atoms with E-state index >= 15 is 0 Å². The van der Waals surface area contributed by atoms with Gasteiger partial charge in [0.1, 0.15) is 6.04 Å². The molecule has 3 aliphatic heterocycles. The third kappa shape index (κ3) is 7.07. The van der Waals surface area contributed by atoms with Crippen LogP contribution in [0.5, 0.6) is 0 Å². The van der Waals surface area contributed by atoms with Crippen LogP contribution in [0.3, 0.4) is 0 Å². The Kier molecular flexibility index (Phi) is 9.20. The van der Waals surface area contributed by atoms with E-state index in [4.69, 9.17) is 16.3 Å². The van der Waals surface area contributed by atoms with Gasteiger partial charge in [-0.25, -0.2) is 8.42 Å². The Balaban J connectivity index is 1.16. The zero-order chi connectivity index (χ0) is 28.4. The number of esters is 1. The number of amides is 2. The number of carbonyl (C=O) groups excluding carboxylic acids is 3. The molecule has 1 saturated carbocycles. The van der Waals surface area contributed by atoms with E-state index in [0.29, 0.717) is 60.1 Å². The van der Waals surface area contributed by atoms with Crippen molar-refractivity contribution in [2.24, 2.45) is 17.8 Å². The zero-order valence-corrected chi connectivity index (χ0v) is 25.1. The summed E-state index contributed by atoms with van der Waals surface area (Å²) in [4.78, 5) is 45.3. The van der Waals surface area contributed by atoms with Gasteiger partial charge >= 0.3 is 5.97 Å². The van der Waals surface area contributed by atoms with Crippen molar-refractivity contribution in [3.8, 4) is 0 Å². The standard InChI is InChI=1S/C27H37ClN4O6S2/c1-2-38-27(35)18-5-3-10-30(14-18)16-23-21-13-19(21)15-32(23)25(33)17-31-11-4-6-22(26(31)34)29-40(36,37)12-9-20-7-8-24(28)39-20/h7-9,12,18-19,21-23,29H,2-6,10-11,13-17H2,1H3/b12-9+. The number of likely N-dealkylation sites (tertiary alicyclic amines) is 3. The van der Waals surface area contributed by atoms with Crippen LogP contribution in [-0.2, 0) is 29.1 Å². The smallest absolute Gasteiger partial charge is 0.310 e. The van der Waals surface area contributed by atoms with Crippen molar-refractivity contribution in [3.63, 3.8) is 0 Å². The Morgan fingerprint density at radius 3 is 2.75 bits per heavy atom. The number of thiophene rings is 1. The zero-order valence-electron chi connectivity index (χ0n) is 22.7. The van der Waals surface area contributed by atoms with Crippen molar-refractivity contribution in [1.29, 1.82) is 0 Å². The molecule has 0 spiro atoms. The Morgan fingerprint density at radius 1 is 1.20 bits per heavy atom. The lowest BCUT2D eigenvalue weighted by Gasteiger charge is -2.38. The molecule has 5 atom stereocenters. The normalized spacial score (nSPS) is 29.1. The van der Waals surface area contributed by atoms with Crippen molar-refractivity contribution >= 4 is 56.8 Å². The highest BCUT2D eigenvalue weighted by molar-refractivity contribution is 7.92. The molecule has 1 aromatic rings. The van der Waals surface area contributed by atoms with E-state index in [1.165, 1.54) is 22.3 Å². The van der Waals surface area contributed by atoms with Crippen molar-refractivity contribution in [2.75, 3.05) is 45.9 Å². The SMILES string of the molecule is CCOC(=O)C1CCCN(CC2C3CC3CN2C(=O)CN2CCCC(NS(=O)(=O)/C=C/c3ccc(Cl)s3)C2=O)C1. The first-order valence-corrected chi connectivity index (χ1v) is 16.8. The predicted molar refractivity (Wildman–Crippen MR) is 153 cm³/mol. The molecule has 0 aromatic carbocycles. The fraction of sp³-hybridized carbons (Fsp3) is 0.667. The minimum atomic E-state index is -3.86. The maximum Gasteiger partial charge on any atom is 0.310 e. The Labute approximate surface area is 244 Å². The lowest BCUT2D eigenvalue weighted by molar-refractivity contribution is -0.150. The van der Waals surface area contributed by atoms with Crippen LogP contribution in [-0.4, -0.2) is 98.9 Å². The Hall–Kier alpha value is -1.99. The van der Waals surface area contributed by atoms with E-state index in [1.807, 2.05) is 11.8 Å². The van der Waals surface area contributed by atoms with Gasteiger partial charge in [-0.3, -0.25) is 14.4 Å². The first kappa shape index (κ1) is 29.5. The fourth-order valence-electron chi connectivity index (χ4n) is 6.30. The van der Waals surface area contributed by atoms with Crippen LogP contribution in [0, 0.1) is 17.8 Å². The number of nitrogens with zero attached hydrogens (tertiary/aromatic N) is 3. The number of nitrogens with one attached hydrogen (secondary N) is 1. The molecule has 4 heterocycles. The lowest BCUT2D eigenvalue weighted by atomic mass is 9.97. The van der Waals surface area contributed by atoms with Crippen LogP contribution in [0.2, 0.25) is 4.34 Å². The minimum Gasteiger partial charge on any atom is -0.466 e. The van der Waals surface area contributed by atoms with Crippen molar-refractivity contribution in [3.05, 3.63) is 26.8 Å². The number of sulfonamides is 1. The van der Waals surface area contributed by atoms with E-state index in [9.17, 15) is 22.8 Å². The van der Waals surface area contributed by atoms with Crippen LogP contribution in [0.4, 0.5) is 0 Å². The van der Waals surface area contributed by atoms with Crippen LogP contribution < -0.4 is 4.72 Å². The molecule has 0 bridgehead atoms. The van der Waals surface area contributed by atoms with E-state index in [1.54, 1.807) is 12.1 Å². The Morgan fingerprint density at radius 2 is 2.00 bits per heavy atom. The van der Waals surface area contributed by atoms with E-state index < -0.39 is 16.1 Å². The topological polar surface area (TPSA) is 116 Å². The average Bonchev–Trinajstić information content (AvgIpc) is 3.42. The van der Waals surface area contributed by atoms with Gasteiger partial charge in [0, 0.05) is 42.5 Å². The van der Waals surface area contributed by atoms with Crippen molar-refractivity contribution in [1.82, 2.24) is 19.4 Å². The fourth-order valence-corrected chi connectivity index (χ4v) is 8.37. The van der Waals surface area contributed by atoms with Crippen molar-refractivity contribution < 1.29 is 27.5 Å². The maximum atomic E-state index is 13.5. The summed E-state index contributed by atoms with van der Waals surface area (Å²) >= 11 is 7.16. The number of hydrogen-bond acceptors (Lipinski definition) is 8. The molecule has 4 aliphatic rings. The summed E-state index contributed by atoms with van der Waals surface area (Å²) < 4.78 is 33.5. The predicted octanol–water partition coefficient (Wildman–Crippen LogP) is 2.40. The molecule has 10 nitrogen and oxygen atoms in total. The molecule has 5 rings (SSSR count). The molecule has 13 heteroatoms. The number of hydrogen-bond donors (Lipinski definition) is 1. The quantitative estimate of drug-likeness (QED) is 0.403. The van der Waals surface area contributed by atoms with E-state index in [2.05, 4.69) is 9.62 Å². The van der Waals surface area contributed by atoms with Gasteiger partial charge in [0.25, 0.3) is 0 Å². The van der Waals surface area contributed by atoms with E-state index in [-0.39, 0.29) is 36.3 Å². The van der Waals surface area contributed by atoms with Gasteiger partial charge in [-0.05, 0) is 75.6 Å². The van der Waals surface area contributed by atoms with Gasteiger partial charge in [0.05, 0.1) is 23.4 Å². The maximum absolute atomic E-state index is 13.5. The summed E-state index contributed by atoms with van der Waals surface area (Å²) in [5.74, 6) is 0.233. The first-order valence-electron chi connectivity index (χ1n) is 14.1. The number of fused-ring (bicyclic) bond motifs is 1. The van der Waals surface area contributed by atoms with Gasteiger partial charge in [0.2, 0.25) is 21.8 Å². The molecular formula is C27H37ClN4O6S2. The van der Waals surface area contributed by atoms with Crippen LogP contribution in [0.15, 0.2) is 17.5 Å². The second-order valence-corrected chi connectivity index (χ2v) is 14.5. The summed E-state index contributed by atoms with van der Waals surface area (Å²) in [7, 11) is -3.86. The molecule has 3 saturated heterocycles. The van der Waals surface area contributed by atoms with Gasteiger partial charge < -0.3 is 19.4 Å². The van der Waals surface area contributed by atoms with Gasteiger partial charge in [-0.15, -0.1) is 11.3 Å². The van der Waals surface area contributed by atoms with Gasteiger partial charge in [0.15, 0.2) is 0 Å². The summed E-state index contributed by atoms with van der Waals surface area (Å²) in [5.41, 5.74) is 0. The Bertz CT molecular complexity index is 1250. The summed E-state index contributed by atoms with van der Waals surface area (Å²) in [6, 6.07) is 2.58. The molecule has 2 amide bonds. The largest absolute Gasteiger partial charge is 0.466 e. The third-order valence-electron chi connectivity index (χ3n) is 8.36. The third-order valence-corrected chi connectivity index (χ3v) is 10.7. The number of carbonyl (C=O) groups is 3. The molecule has 220 valence electrons. The van der Waals surface area contributed by atoms with Gasteiger partial charge in [-0.1, -0.05) is 11.6 Å². The summed E-state index contributed by atoms with van der Waals surface area (Å²) in [6.45, 7) is 5.52. The molecule has 5 unspecified atom stereocenters. The van der Waals surface area contributed by atoms with Crippen molar-refractivity contribution in [2.45, 2.75) is 51.1 Å². The van der Waals surface area contributed by atoms with Crippen LogP contribution >= 0.6 is 22.9 Å². The highest BCUT2D eigenvalue weighted by atomic mass is 35.5. The number of ether oxygens (including phenoxy) is 1. The first-order chi connectivity index (χ1) is 19.1. The molecule has 4 fully saturated rings. The summed E-state index contributed by atoms with van der Waals surface area (Å²) in [5, 5.41) is 1.04. The molecule has 40 heavy (non-hydrogen) atoms.